The topological polar surface area (TPSA) is 63.2 Å². The van der Waals surface area contributed by atoms with Gasteiger partial charge in [-0.25, -0.2) is 0 Å². The molecule has 2 unspecified atom stereocenters. The number of rotatable bonds is 9. The van der Waals surface area contributed by atoms with Crippen LogP contribution in [0.25, 0.3) is 0 Å². The Morgan fingerprint density at radius 3 is 2.45 bits per heavy atom. The van der Waals surface area contributed by atoms with Crippen molar-refractivity contribution in [3.05, 3.63) is 23.8 Å². The van der Waals surface area contributed by atoms with Crippen LogP contribution >= 0.6 is 0 Å². The van der Waals surface area contributed by atoms with Crippen LogP contribution in [0.15, 0.2) is 23.8 Å². The summed E-state index contributed by atoms with van der Waals surface area (Å²) in [6.07, 6.45) is 18.6. The molecule has 0 spiro atoms. The third-order valence-electron chi connectivity index (χ3n) is 11.9. The first-order valence-corrected chi connectivity index (χ1v) is 20.9. The minimum atomic E-state index is -1.95. The maximum Gasteiger partial charge on any atom is 0.312 e. The highest BCUT2D eigenvalue weighted by Crippen LogP contribution is 2.47. The molecule has 44 heavy (non-hydrogen) atoms. The summed E-state index contributed by atoms with van der Waals surface area (Å²) in [5, 5.41) is 0.149. The lowest BCUT2D eigenvalue weighted by Gasteiger charge is -2.45. The molecule has 6 nitrogen and oxygen atoms in total. The first-order valence-electron chi connectivity index (χ1n) is 18.0. The summed E-state index contributed by atoms with van der Waals surface area (Å²) in [6, 6.07) is 0. The summed E-state index contributed by atoms with van der Waals surface area (Å²) in [6.45, 7) is 19.1. The number of allylic oxidation sites excluding steroid dienone is 3. The molecule has 1 saturated carbocycles. The lowest BCUT2D eigenvalue weighted by atomic mass is 9.65. The van der Waals surface area contributed by atoms with E-state index in [1.165, 1.54) is 5.57 Å². The fourth-order valence-electron chi connectivity index (χ4n) is 8.12. The number of carbonyl (C=O) groups excluding carboxylic acids is 1. The monoisotopic (exact) mass is 630 g/mol. The zero-order chi connectivity index (χ0) is 31.7. The minimum absolute atomic E-state index is 0.0283. The second-order valence-electron chi connectivity index (χ2n) is 16.7. The van der Waals surface area contributed by atoms with Crippen molar-refractivity contribution < 1.29 is 28.2 Å². The van der Waals surface area contributed by atoms with Gasteiger partial charge in [0.15, 0.2) is 20.9 Å². The Morgan fingerprint density at radius 1 is 1.02 bits per heavy atom. The van der Waals surface area contributed by atoms with E-state index in [1.54, 1.807) is 0 Å². The zero-order valence-electron chi connectivity index (χ0n) is 29.1. The molecule has 2 aliphatic heterocycles. The highest BCUT2D eigenvalue weighted by molar-refractivity contribution is 6.74. The predicted octanol–water partition coefficient (Wildman–Crippen LogP) is 9.10. The highest BCUT2D eigenvalue weighted by atomic mass is 28.4. The van der Waals surface area contributed by atoms with Gasteiger partial charge in [0.25, 0.3) is 0 Å². The Morgan fingerprint density at radius 2 is 1.77 bits per heavy atom. The molecule has 0 amide bonds. The maximum atomic E-state index is 13.5. The van der Waals surface area contributed by atoms with E-state index >= 15 is 0 Å². The predicted molar refractivity (Wildman–Crippen MR) is 177 cm³/mol. The first-order chi connectivity index (χ1) is 20.7. The summed E-state index contributed by atoms with van der Waals surface area (Å²) in [4.78, 5) is 13.5. The van der Waals surface area contributed by atoms with Crippen molar-refractivity contribution in [2.45, 2.75) is 168 Å². The van der Waals surface area contributed by atoms with Crippen molar-refractivity contribution >= 4 is 14.3 Å². The van der Waals surface area contributed by atoms with Crippen LogP contribution < -0.4 is 0 Å². The second kappa shape index (κ2) is 14.0. The van der Waals surface area contributed by atoms with Crippen molar-refractivity contribution in [3.8, 4) is 0 Å². The van der Waals surface area contributed by atoms with Crippen LogP contribution in [0.2, 0.25) is 18.1 Å². The average molecular weight is 631 g/mol. The molecule has 250 valence electrons. The van der Waals surface area contributed by atoms with E-state index in [9.17, 15) is 4.79 Å². The molecule has 0 bridgehead atoms. The summed E-state index contributed by atoms with van der Waals surface area (Å²) >= 11 is 0. The quantitative estimate of drug-likeness (QED) is 0.187. The smallest absolute Gasteiger partial charge is 0.312 e. The van der Waals surface area contributed by atoms with Gasteiger partial charge < -0.3 is 23.4 Å². The number of carbonyl (C=O) groups is 1. The van der Waals surface area contributed by atoms with Crippen molar-refractivity contribution in [3.63, 3.8) is 0 Å². The van der Waals surface area contributed by atoms with Crippen molar-refractivity contribution in [1.29, 1.82) is 0 Å². The molecule has 3 aliphatic carbocycles. The van der Waals surface area contributed by atoms with Gasteiger partial charge >= 0.3 is 5.97 Å². The third-order valence-corrected chi connectivity index (χ3v) is 16.4. The maximum absolute atomic E-state index is 13.5. The number of ether oxygens (including phenoxy) is 4. The molecule has 0 aromatic carbocycles. The molecule has 9 atom stereocenters. The normalized spacial score (nSPS) is 37.7. The van der Waals surface area contributed by atoms with E-state index in [4.69, 9.17) is 23.4 Å². The standard InChI is InChI=1S/C37H62O6Si/c1-25-21-27-15-14-26(2)30(34(27)31(22-25)41-35(38)37(6)18-10-11-19-37)17-16-28-23-29(43-44(7,8)36(3,4)5)24-33(40-28)42-32-13-9-12-20-39-32/h14-15,21,25-26,28-34H,9-13,16-20,22-24H2,1-8H3/t25-,26-,28+,29+,30-,31-,32?,33?,34-/m0/s1. The highest BCUT2D eigenvalue weighted by Gasteiger charge is 2.46. The summed E-state index contributed by atoms with van der Waals surface area (Å²) in [5.74, 6) is 1.49. The average Bonchev–Trinajstić information content (AvgIpc) is 3.40. The molecule has 7 heteroatoms. The van der Waals surface area contributed by atoms with Gasteiger partial charge in [-0.15, -0.1) is 0 Å². The largest absolute Gasteiger partial charge is 0.461 e. The molecular formula is C37H62O6Si. The van der Waals surface area contributed by atoms with Crippen LogP contribution in [0.5, 0.6) is 0 Å². The molecule has 5 rings (SSSR count). The third kappa shape index (κ3) is 8.10. The Balaban J connectivity index is 1.29. The molecule has 0 aromatic rings. The van der Waals surface area contributed by atoms with Gasteiger partial charge in [0, 0.05) is 18.9 Å². The van der Waals surface area contributed by atoms with Crippen molar-refractivity contribution in [2.24, 2.45) is 29.1 Å². The van der Waals surface area contributed by atoms with Crippen molar-refractivity contribution in [1.82, 2.24) is 0 Å². The van der Waals surface area contributed by atoms with Gasteiger partial charge in [-0.1, -0.05) is 65.7 Å². The van der Waals surface area contributed by atoms with Crippen LogP contribution in [-0.4, -0.2) is 51.8 Å². The second-order valence-corrected chi connectivity index (χ2v) is 21.4. The first kappa shape index (κ1) is 34.3. The SMILES string of the molecule is C[C@H]1C=C2C=C[C@H](C)[C@H](CC[C@@H]3C[C@@H](O[Si](C)(C)C(C)(C)C)CC(OC4CCCCO4)O3)[C@H]2[C@@H](OC(=O)C2(C)CCCC2)C1. The summed E-state index contributed by atoms with van der Waals surface area (Å²) in [5.41, 5.74) is 1.04. The number of fused-ring (bicyclic) bond motifs is 1. The lowest BCUT2D eigenvalue weighted by molar-refractivity contribution is -0.288. The number of hydrogen-bond acceptors (Lipinski definition) is 6. The Bertz CT molecular complexity index is 1030. The van der Waals surface area contributed by atoms with E-state index in [1.807, 2.05) is 0 Å². The van der Waals surface area contributed by atoms with E-state index in [0.29, 0.717) is 17.8 Å². The van der Waals surface area contributed by atoms with E-state index in [2.05, 4.69) is 72.9 Å². The minimum Gasteiger partial charge on any atom is -0.461 e. The molecule has 2 saturated heterocycles. The summed E-state index contributed by atoms with van der Waals surface area (Å²) in [7, 11) is -1.95. The molecule has 5 aliphatic rings. The van der Waals surface area contributed by atoms with E-state index < -0.39 is 8.32 Å². The molecular weight excluding hydrogens is 568 g/mol. The number of hydrogen-bond donors (Lipinski definition) is 0. The van der Waals surface area contributed by atoms with E-state index in [0.717, 1.165) is 83.7 Å². The van der Waals surface area contributed by atoms with Crippen LogP contribution in [-0.2, 0) is 28.2 Å². The lowest BCUT2D eigenvalue weighted by Crippen LogP contribution is -2.49. The fraction of sp³-hybridized carbons (Fsp3) is 0.865. The Kier molecular flexibility index (Phi) is 10.9. The Hall–Kier alpha value is -0.993. The van der Waals surface area contributed by atoms with Crippen LogP contribution in [0.4, 0.5) is 0 Å². The van der Waals surface area contributed by atoms with Crippen molar-refractivity contribution in [2.75, 3.05) is 6.61 Å². The summed E-state index contributed by atoms with van der Waals surface area (Å²) < 4.78 is 32.5. The molecule has 0 aromatic heterocycles. The van der Waals surface area contributed by atoms with Crippen LogP contribution in [0.1, 0.15) is 119 Å². The molecule has 2 heterocycles. The van der Waals surface area contributed by atoms with Crippen LogP contribution in [0, 0.1) is 29.1 Å². The van der Waals surface area contributed by atoms with Gasteiger partial charge in [0.2, 0.25) is 0 Å². The van der Waals surface area contributed by atoms with E-state index in [-0.39, 0.29) is 53.2 Å². The van der Waals surface area contributed by atoms with Gasteiger partial charge in [0.05, 0.1) is 17.6 Å². The number of esters is 1. The van der Waals surface area contributed by atoms with Crippen LogP contribution in [0.3, 0.4) is 0 Å². The zero-order valence-corrected chi connectivity index (χ0v) is 30.1. The van der Waals surface area contributed by atoms with Gasteiger partial charge in [0.1, 0.15) is 6.10 Å². The molecule has 0 radical (unpaired) electrons. The molecule has 3 fully saturated rings. The Labute approximate surface area is 269 Å². The van der Waals surface area contributed by atoms with Gasteiger partial charge in [-0.2, -0.15) is 0 Å². The molecule has 0 N–H and O–H groups in total. The fourth-order valence-corrected chi connectivity index (χ4v) is 9.50. The van der Waals surface area contributed by atoms with Gasteiger partial charge in [-0.3, -0.25) is 4.79 Å². The van der Waals surface area contributed by atoms with Gasteiger partial charge in [-0.05, 0) is 106 Å².